The number of ether oxygens (including phenoxy) is 2. The molecule has 0 heterocycles. The molecular weight excluding hydrogens is 482 g/mol. The lowest BCUT2D eigenvalue weighted by molar-refractivity contribution is -0.136. The van der Waals surface area contributed by atoms with Crippen molar-refractivity contribution in [2.45, 2.75) is 117 Å². The van der Waals surface area contributed by atoms with Crippen molar-refractivity contribution in [3.8, 4) is 0 Å². The number of aliphatic hydroxyl groups excluding tert-OH is 1. The second-order valence-corrected chi connectivity index (χ2v) is 11.8. The van der Waals surface area contributed by atoms with Gasteiger partial charge in [0.2, 0.25) is 5.91 Å². The quantitative estimate of drug-likeness (QED) is 0.156. The van der Waals surface area contributed by atoms with E-state index in [0.717, 1.165) is 12.8 Å². The molecule has 1 amide bonds. The number of Topliss-reactive ketones (excluding diaryl/α,β-unsaturated/α-hetero) is 1. The minimum Gasteiger partial charge on any atom is -0.391 e. The molecule has 0 bridgehead atoms. The van der Waals surface area contributed by atoms with Crippen LogP contribution in [0.5, 0.6) is 0 Å². The molecular formula is C31H55NO6. The van der Waals surface area contributed by atoms with Crippen LogP contribution in [0.4, 0.5) is 0 Å². The molecule has 1 aliphatic rings. The van der Waals surface area contributed by atoms with Crippen LogP contribution in [0, 0.1) is 17.3 Å². The minimum atomic E-state index is -1.67. The SMILES string of the molecule is CCCCCCCC(C)CC(CC=CCCC(=O)NCC(O)(COC)C1=CC(C)C(O)C(C)(C)C1=O)OC. The second kappa shape index (κ2) is 17.2. The Balaban J connectivity index is 2.51. The maximum absolute atomic E-state index is 13.1. The Hall–Kier alpha value is -1.54. The van der Waals surface area contributed by atoms with E-state index < -0.39 is 17.1 Å². The molecule has 220 valence electrons. The van der Waals surface area contributed by atoms with Crippen LogP contribution in [0.15, 0.2) is 23.8 Å². The van der Waals surface area contributed by atoms with Gasteiger partial charge in [0.15, 0.2) is 5.78 Å². The summed E-state index contributed by atoms with van der Waals surface area (Å²) in [6, 6.07) is 0. The van der Waals surface area contributed by atoms with Gasteiger partial charge in [-0.1, -0.05) is 91.4 Å². The molecule has 1 rings (SSSR count). The first kappa shape index (κ1) is 34.5. The van der Waals surface area contributed by atoms with Crippen LogP contribution in [-0.4, -0.2) is 67.1 Å². The zero-order valence-electron chi connectivity index (χ0n) is 25.1. The largest absolute Gasteiger partial charge is 0.391 e. The van der Waals surface area contributed by atoms with Gasteiger partial charge in [-0.2, -0.15) is 0 Å². The normalized spacial score (nSPS) is 22.7. The number of carbonyl (C=O) groups excluding carboxylic acids is 2. The predicted molar refractivity (Wildman–Crippen MR) is 153 cm³/mol. The van der Waals surface area contributed by atoms with Crippen molar-refractivity contribution >= 4 is 11.7 Å². The summed E-state index contributed by atoms with van der Waals surface area (Å²) in [5.41, 5.74) is -2.52. The van der Waals surface area contributed by atoms with Crippen molar-refractivity contribution < 1.29 is 29.3 Å². The average Bonchev–Trinajstić information content (AvgIpc) is 2.87. The summed E-state index contributed by atoms with van der Waals surface area (Å²) < 4.78 is 10.9. The van der Waals surface area contributed by atoms with Gasteiger partial charge < -0.3 is 25.0 Å². The Labute approximate surface area is 231 Å². The van der Waals surface area contributed by atoms with E-state index in [4.69, 9.17) is 9.47 Å². The van der Waals surface area contributed by atoms with Crippen LogP contribution < -0.4 is 5.32 Å². The van der Waals surface area contributed by atoms with Crippen LogP contribution in [-0.2, 0) is 19.1 Å². The number of ketones is 1. The third-order valence-corrected chi connectivity index (χ3v) is 7.86. The third-order valence-electron chi connectivity index (χ3n) is 7.86. The summed E-state index contributed by atoms with van der Waals surface area (Å²) >= 11 is 0. The predicted octanol–water partition coefficient (Wildman–Crippen LogP) is 5.14. The Morgan fingerprint density at radius 3 is 2.53 bits per heavy atom. The zero-order valence-corrected chi connectivity index (χ0v) is 25.1. The van der Waals surface area contributed by atoms with Crippen molar-refractivity contribution in [1.82, 2.24) is 5.32 Å². The number of carbonyl (C=O) groups is 2. The van der Waals surface area contributed by atoms with Gasteiger partial charge in [-0.25, -0.2) is 0 Å². The fourth-order valence-electron chi connectivity index (χ4n) is 5.26. The van der Waals surface area contributed by atoms with E-state index in [9.17, 15) is 19.8 Å². The number of rotatable bonds is 19. The number of aliphatic hydroxyl groups is 2. The molecule has 38 heavy (non-hydrogen) atoms. The van der Waals surface area contributed by atoms with Crippen molar-refractivity contribution in [2.24, 2.45) is 17.3 Å². The summed E-state index contributed by atoms with van der Waals surface area (Å²) in [6.45, 7) is 9.41. The van der Waals surface area contributed by atoms with Gasteiger partial charge in [0.1, 0.15) is 5.60 Å². The molecule has 0 fully saturated rings. The number of nitrogens with one attached hydrogen (secondary N) is 1. The van der Waals surface area contributed by atoms with E-state index >= 15 is 0 Å². The molecule has 7 heteroatoms. The zero-order chi connectivity index (χ0) is 28.8. The molecule has 0 aromatic carbocycles. The first-order chi connectivity index (χ1) is 17.9. The van der Waals surface area contributed by atoms with Gasteiger partial charge >= 0.3 is 0 Å². The first-order valence-corrected chi connectivity index (χ1v) is 14.5. The lowest BCUT2D eigenvalue weighted by Crippen LogP contribution is -2.55. The van der Waals surface area contributed by atoms with Crippen LogP contribution in [0.2, 0.25) is 0 Å². The Kier molecular flexibility index (Phi) is 15.6. The fraction of sp³-hybridized carbons (Fsp3) is 0.806. The first-order valence-electron chi connectivity index (χ1n) is 14.5. The van der Waals surface area contributed by atoms with Gasteiger partial charge in [0.25, 0.3) is 0 Å². The van der Waals surface area contributed by atoms with E-state index in [1.54, 1.807) is 34.0 Å². The monoisotopic (exact) mass is 537 g/mol. The maximum Gasteiger partial charge on any atom is 0.220 e. The molecule has 0 saturated carbocycles. The molecule has 3 N–H and O–H groups in total. The topological polar surface area (TPSA) is 105 Å². The minimum absolute atomic E-state index is 0.137. The lowest BCUT2D eigenvalue weighted by Gasteiger charge is -2.41. The van der Waals surface area contributed by atoms with Crippen LogP contribution in [0.25, 0.3) is 0 Å². The molecule has 0 spiro atoms. The lowest BCUT2D eigenvalue weighted by atomic mass is 9.66. The van der Waals surface area contributed by atoms with Gasteiger partial charge in [-0.15, -0.1) is 0 Å². The molecule has 5 unspecified atom stereocenters. The van der Waals surface area contributed by atoms with Crippen LogP contribution in [0.1, 0.15) is 98.8 Å². The van der Waals surface area contributed by atoms with E-state index in [-0.39, 0.29) is 48.9 Å². The van der Waals surface area contributed by atoms with Crippen molar-refractivity contribution in [2.75, 3.05) is 27.4 Å². The molecule has 0 aromatic heterocycles. The number of methoxy groups -OCH3 is 2. The van der Waals surface area contributed by atoms with E-state index in [0.29, 0.717) is 12.3 Å². The van der Waals surface area contributed by atoms with Crippen molar-refractivity contribution in [3.63, 3.8) is 0 Å². The third kappa shape index (κ3) is 10.9. The van der Waals surface area contributed by atoms with Gasteiger partial charge in [-0.05, 0) is 25.2 Å². The van der Waals surface area contributed by atoms with E-state index in [1.165, 1.54) is 45.6 Å². The molecule has 0 radical (unpaired) electrons. The highest BCUT2D eigenvalue weighted by atomic mass is 16.5. The summed E-state index contributed by atoms with van der Waals surface area (Å²) in [6.07, 6.45) is 15.5. The number of unbranched alkanes of at least 4 members (excludes halogenated alkanes) is 4. The number of hydrogen-bond donors (Lipinski definition) is 3. The Morgan fingerprint density at radius 1 is 1.21 bits per heavy atom. The molecule has 7 nitrogen and oxygen atoms in total. The smallest absolute Gasteiger partial charge is 0.220 e. The highest BCUT2D eigenvalue weighted by molar-refractivity contribution is 6.02. The second-order valence-electron chi connectivity index (χ2n) is 11.8. The maximum atomic E-state index is 13.1. The highest BCUT2D eigenvalue weighted by Gasteiger charge is 2.49. The molecule has 5 atom stereocenters. The molecule has 0 saturated heterocycles. The summed E-state index contributed by atoms with van der Waals surface area (Å²) in [5, 5.41) is 24.5. The number of hydrogen-bond acceptors (Lipinski definition) is 6. The number of allylic oxidation sites excluding steroid dienone is 1. The van der Waals surface area contributed by atoms with Gasteiger partial charge in [0.05, 0.1) is 30.8 Å². The number of amides is 1. The van der Waals surface area contributed by atoms with Crippen molar-refractivity contribution in [3.05, 3.63) is 23.8 Å². The van der Waals surface area contributed by atoms with Gasteiger partial charge in [0, 0.05) is 32.1 Å². The summed E-state index contributed by atoms with van der Waals surface area (Å²) in [7, 11) is 3.20. The summed E-state index contributed by atoms with van der Waals surface area (Å²) in [4.78, 5) is 25.6. The fourth-order valence-corrected chi connectivity index (χ4v) is 5.26. The van der Waals surface area contributed by atoms with E-state index in [2.05, 4.69) is 25.2 Å². The van der Waals surface area contributed by atoms with Crippen LogP contribution >= 0.6 is 0 Å². The molecule has 0 aromatic rings. The standard InChI is InChI=1S/C31H55NO6/c1-8-9-10-11-13-16-23(2)19-25(38-7)17-14-12-15-18-27(33)32-21-31(36,22-37-6)26-20-24(3)28(34)30(4,5)29(26)35/h12,14,20,23-25,28,34,36H,8-11,13,15-19,21-22H2,1-7H3,(H,32,33). The Morgan fingerprint density at radius 2 is 1.89 bits per heavy atom. The van der Waals surface area contributed by atoms with Crippen LogP contribution in [0.3, 0.4) is 0 Å². The van der Waals surface area contributed by atoms with Gasteiger partial charge in [-0.3, -0.25) is 9.59 Å². The average molecular weight is 538 g/mol. The molecule has 1 aliphatic carbocycles. The van der Waals surface area contributed by atoms with E-state index in [1.807, 2.05) is 6.08 Å². The van der Waals surface area contributed by atoms with Crippen molar-refractivity contribution in [1.29, 1.82) is 0 Å². The summed E-state index contributed by atoms with van der Waals surface area (Å²) in [5.74, 6) is -0.222. The highest BCUT2D eigenvalue weighted by Crippen LogP contribution is 2.39. The Bertz CT molecular complexity index is 776. The molecule has 0 aliphatic heterocycles.